The van der Waals surface area contributed by atoms with Gasteiger partial charge in [0.25, 0.3) is 0 Å². The van der Waals surface area contributed by atoms with E-state index in [4.69, 9.17) is 5.11 Å². The van der Waals surface area contributed by atoms with Crippen molar-refractivity contribution >= 4 is 45.3 Å². The number of carboxylic acid groups (broad SMARTS) is 1. The van der Waals surface area contributed by atoms with Gasteiger partial charge >= 0.3 is 5.97 Å². The van der Waals surface area contributed by atoms with Crippen molar-refractivity contribution in [3.8, 4) is 11.4 Å². The van der Waals surface area contributed by atoms with Crippen molar-refractivity contribution < 1.29 is 9.90 Å². The van der Waals surface area contributed by atoms with E-state index in [-0.39, 0.29) is 0 Å². The molecule has 0 amide bonds. The van der Waals surface area contributed by atoms with Gasteiger partial charge in [-0.1, -0.05) is 30.3 Å². The van der Waals surface area contributed by atoms with E-state index in [9.17, 15) is 4.79 Å². The van der Waals surface area contributed by atoms with Crippen LogP contribution in [0.1, 0.15) is 6.92 Å². The predicted octanol–water partition coefficient (Wildman–Crippen LogP) is 3.79. The van der Waals surface area contributed by atoms with Crippen molar-refractivity contribution in [1.29, 1.82) is 0 Å². The fraction of sp³-hybridized carbons (Fsp3) is 0.118. The average Bonchev–Trinajstić information content (AvgIpc) is 2.55. The lowest BCUT2D eigenvalue weighted by molar-refractivity contribution is -0.137. The Bertz CT molecular complexity index is 868. The van der Waals surface area contributed by atoms with Gasteiger partial charge in [0.1, 0.15) is 11.9 Å². The second-order valence-corrected chi connectivity index (χ2v) is 6.37. The van der Waals surface area contributed by atoms with Crippen LogP contribution >= 0.6 is 22.6 Å². The standard InChI is InChI=1S/C17H14IN3O2/c1-10(17(22)23)19-16-13-9-12(18)7-8-14(13)20-15(21-16)11-5-3-2-4-6-11/h2-10H,1H3,(H,22,23)(H,19,20,21)/t10-/m0/s1. The maximum absolute atomic E-state index is 11.2. The van der Waals surface area contributed by atoms with Gasteiger partial charge in [0, 0.05) is 14.5 Å². The number of nitrogens with zero attached hydrogens (tertiary/aromatic N) is 2. The van der Waals surface area contributed by atoms with Gasteiger partial charge in [-0.2, -0.15) is 0 Å². The Hall–Kier alpha value is -2.22. The largest absolute Gasteiger partial charge is 0.480 e. The fourth-order valence-electron chi connectivity index (χ4n) is 2.19. The molecule has 1 aromatic heterocycles. The summed E-state index contributed by atoms with van der Waals surface area (Å²) in [4.78, 5) is 20.3. The van der Waals surface area contributed by atoms with E-state index in [0.717, 1.165) is 20.0 Å². The molecule has 1 atom stereocenters. The minimum absolute atomic E-state index is 0.530. The lowest BCUT2D eigenvalue weighted by Gasteiger charge is -2.14. The van der Waals surface area contributed by atoms with Crippen LogP contribution in [0.3, 0.4) is 0 Å². The van der Waals surface area contributed by atoms with Gasteiger partial charge in [-0.25, -0.2) is 9.97 Å². The van der Waals surface area contributed by atoms with Gasteiger partial charge in [0.05, 0.1) is 5.52 Å². The van der Waals surface area contributed by atoms with Crippen LogP contribution in [-0.2, 0) is 4.79 Å². The molecule has 5 nitrogen and oxygen atoms in total. The number of anilines is 1. The lowest BCUT2D eigenvalue weighted by atomic mass is 10.1. The molecule has 0 unspecified atom stereocenters. The second-order valence-electron chi connectivity index (χ2n) is 5.13. The van der Waals surface area contributed by atoms with Crippen molar-refractivity contribution in [3.05, 3.63) is 52.1 Å². The smallest absolute Gasteiger partial charge is 0.325 e. The summed E-state index contributed by atoms with van der Waals surface area (Å²) >= 11 is 2.21. The molecule has 0 bridgehead atoms. The first-order valence-electron chi connectivity index (χ1n) is 7.06. The highest BCUT2D eigenvalue weighted by Gasteiger charge is 2.15. The van der Waals surface area contributed by atoms with Crippen molar-refractivity contribution in [2.45, 2.75) is 13.0 Å². The summed E-state index contributed by atoms with van der Waals surface area (Å²) in [6, 6.07) is 14.7. The number of nitrogens with one attached hydrogen (secondary N) is 1. The fourth-order valence-corrected chi connectivity index (χ4v) is 2.69. The van der Waals surface area contributed by atoms with Crippen LogP contribution in [0.4, 0.5) is 5.82 Å². The molecule has 0 aliphatic rings. The highest BCUT2D eigenvalue weighted by molar-refractivity contribution is 14.1. The molecule has 0 saturated heterocycles. The first-order chi connectivity index (χ1) is 11.0. The second kappa shape index (κ2) is 6.49. The molecular weight excluding hydrogens is 405 g/mol. The van der Waals surface area contributed by atoms with Gasteiger partial charge in [0.15, 0.2) is 5.82 Å². The summed E-state index contributed by atoms with van der Waals surface area (Å²) in [6.45, 7) is 1.59. The van der Waals surface area contributed by atoms with Crippen LogP contribution in [0, 0.1) is 3.57 Å². The molecule has 3 aromatic rings. The molecule has 0 aliphatic heterocycles. The molecule has 0 fully saturated rings. The van der Waals surface area contributed by atoms with Crippen LogP contribution in [-0.4, -0.2) is 27.1 Å². The zero-order valence-corrected chi connectivity index (χ0v) is 14.5. The Balaban J connectivity index is 2.17. The molecule has 6 heteroatoms. The Labute approximate surface area is 146 Å². The molecular formula is C17H14IN3O2. The molecule has 3 rings (SSSR count). The molecule has 0 saturated carbocycles. The predicted molar refractivity (Wildman–Crippen MR) is 98.4 cm³/mol. The molecule has 0 radical (unpaired) electrons. The Morgan fingerprint density at radius 2 is 1.91 bits per heavy atom. The van der Waals surface area contributed by atoms with Crippen molar-refractivity contribution in [2.75, 3.05) is 5.32 Å². The first-order valence-corrected chi connectivity index (χ1v) is 8.14. The van der Waals surface area contributed by atoms with E-state index in [0.29, 0.717) is 11.6 Å². The maximum Gasteiger partial charge on any atom is 0.325 e. The Morgan fingerprint density at radius 3 is 2.61 bits per heavy atom. The Kier molecular flexibility index (Phi) is 4.42. The number of halogens is 1. The van der Waals surface area contributed by atoms with Crippen molar-refractivity contribution in [3.63, 3.8) is 0 Å². The zero-order chi connectivity index (χ0) is 16.4. The summed E-state index contributed by atoms with van der Waals surface area (Å²) in [7, 11) is 0. The van der Waals surface area contributed by atoms with E-state index in [2.05, 4.69) is 37.9 Å². The van der Waals surface area contributed by atoms with Gasteiger partial charge in [-0.3, -0.25) is 4.79 Å². The third-order valence-corrected chi connectivity index (χ3v) is 4.08. The Morgan fingerprint density at radius 1 is 1.17 bits per heavy atom. The lowest BCUT2D eigenvalue weighted by Crippen LogP contribution is -2.26. The van der Waals surface area contributed by atoms with Crippen LogP contribution in [0.15, 0.2) is 48.5 Å². The van der Waals surface area contributed by atoms with Gasteiger partial charge in [0.2, 0.25) is 0 Å². The minimum atomic E-state index is -0.927. The number of fused-ring (bicyclic) bond motifs is 1. The van der Waals surface area contributed by atoms with E-state index in [1.165, 1.54) is 0 Å². The summed E-state index contributed by atoms with van der Waals surface area (Å²) in [5.74, 6) is 0.172. The van der Waals surface area contributed by atoms with E-state index >= 15 is 0 Å². The van der Waals surface area contributed by atoms with Gasteiger partial charge in [-0.05, 0) is 47.7 Å². The molecule has 0 spiro atoms. The van der Waals surface area contributed by atoms with E-state index < -0.39 is 12.0 Å². The monoisotopic (exact) mass is 419 g/mol. The number of hydrogen-bond donors (Lipinski definition) is 2. The average molecular weight is 419 g/mol. The van der Waals surface area contributed by atoms with Crippen molar-refractivity contribution in [1.82, 2.24) is 9.97 Å². The number of aromatic nitrogens is 2. The number of carboxylic acids is 1. The topological polar surface area (TPSA) is 75.1 Å². The summed E-state index contributed by atoms with van der Waals surface area (Å²) < 4.78 is 1.04. The van der Waals surface area contributed by atoms with Crippen LogP contribution in [0.5, 0.6) is 0 Å². The van der Waals surface area contributed by atoms with Gasteiger partial charge < -0.3 is 10.4 Å². The molecule has 0 aliphatic carbocycles. The SMILES string of the molecule is C[C@H](Nc1nc(-c2ccccc2)nc2ccc(I)cc12)C(=O)O. The van der Waals surface area contributed by atoms with Gasteiger partial charge in [-0.15, -0.1) is 0 Å². The number of hydrogen-bond acceptors (Lipinski definition) is 4. The number of benzene rings is 2. The highest BCUT2D eigenvalue weighted by Crippen LogP contribution is 2.26. The van der Waals surface area contributed by atoms with Crippen LogP contribution in [0.25, 0.3) is 22.3 Å². The zero-order valence-electron chi connectivity index (χ0n) is 12.3. The summed E-state index contributed by atoms with van der Waals surface area (Å²) in [5, 5.41) is 12.9. The first kappa shape index (κ1) is 15.7. The quantitative estimate of drug-likeness (QED) is 0.630. The number of aliphatic carboxylic acids is 1. The summed E-state index contributed by atoms with van der Waals surface area (Å²) in [6.07, 6.45) is 0. The summed E-state index contributed by atoms with van der Waals surface area (Å²) in [5.41, 5.74) is 1.67. The molecule has 23 heavy (non-hydrogen) atoms. The van der Waals surface area contributed by atoms with E-state index in [1.807, 2.05) is 48.5 Å². The number of rotatable bonds is 4. The van der Waals surface area contributed by atoms with E-state index in [1.54, 1.807) is 6.92 Å². The molecule has 1 heterocycles. The highest BCUT2D eigenvalue weighted by atomic mass is 127. The van der Waals surface area contributed by atoms with Crippen molar-refractivity contribution in [2.24, 2.45) is 0 Å². The van der Waals surface area contributed by atoms with Crippen LogP contribution < -0.4 is 5.32 Å². The molecule has 116 valence electrons. The maximum atomic E-state index is 11.2. The third kappa shape index (κ3) is 3.42. The van der Waals surface area contributed by atoms with Crippen LogP contribution in [0.2, 0.25) is 0 Å². The molecule has 2 aromatic carbocycles. The third-order valence-electron chi connectivity index (χ3n) is 3.41. The minimum Gasteiger partial charge on any atom is -0.480 e. The number of carbonyl (C=O) groups is 1. The normalized spacial score (nSPS) is 12.1. The molecule has 2 N–H and O–H groups in total.